The number of fused-ring (bicyclic) bond motifs is 7. The highest BCUT2D eigenvalue weighted by Gasteiger charge is 2.20. The fourth-order valence-corrected chi connectivity index (χ4v) is 7.29. The van der Waals surface area contributed by atoms with Gasteiger partial charge < -0.3 is 4.57 Å². The van der Waals surface area contributed by atoms with E-state index < -0.39 is 0 Å². The molecule has 48 heavy (non-hydrogen) atoms. The fourth-order valence-electron chi connectivity index (χ4n) is 7.29. The van der Waals surface area contributed by atoms with Crippen LogP contribution < -0.4 is 0 Å². The molecule has 0 N–H and O–H groups in total. The average molecular weight is 613 g/mol. The van der Waals surface area contributed by atoms with Crippen LogP contribution in [0.1, 0.15) is 0 Å². The van der Waals surface area contributed by atoms with Gasteiger partial charge in [0, 0.05) is 39.0 Å². The molecule has 4 nitrogen and oxygen atoms in total. The molecular formula is C44H28N4. The van der Waals surface area contributed by atoms with Crippen LogP contribution in [0, 0.1) is 0 Å². The molecule has 10 rings (SSSR count). The maximum Gasteiger partial charge on any atom is 0.235 e. The third-order valence-electron chi connectivity index (χ3n) is 9.55. The van der Waals surface area contributed by atoms with Gasteiger partial charge in [0.25, 0.3) is 0 Å². The maximum atomic E-state index is 5.40. The summed E-state index contributed by atoms with van der Waals surface area (Å²) in [6.07, 6.45) is 2.16. The lowest BCUT2D eigenvalue weighted by molar-refractivity contribution is 1.02. The van der Waals surface area contributed by atoms with Gasteiger partial charge >= 0.3 is 0 Å². The quantitative estimate of drug-likeness (QED) is 0.198. The lowest BCUT2D eigenvalue weighted by Gasteiger charge is -2.13. The van der Waals surface area contributed by atoms with E-state index in [1.807, 2.05) is 0 Å². The molecule has 0 radical (unpaired) electrons. The van der Waals surface area contributed by atoms with Crippen molar-refractivity contribution in [3.05, 3.63) is 170 Å². The van der Waals surface area contributed by atoms with E-state index in [0.717, 1.165) is 49.8 Å². The zero-order valence-corrected chi connectivity index (χ0v) is 26.0. The van der Waals surface area contributed by atoms with Crippen LogP contribution in [0.5, 0.6) is 0 Å². The van der Waals surface area contributed by atoms with Gasteiger partial charge in [-0.25, -0.2) is 9.97 Å². The second-order valence-corrected chi connectivity index (χ2v) is 12.3. The number of hydrogen-bond acceptors (Lipinski definition) is 2. The number of hydrogen-bond donors (Lipinski definition) is 0. The van der Waals surface area contributed by atoms with Gasteiger partial charge in [-0.05, 0) is 70.4 Å². The third kappa shape index (κ3) is 4.10. The maximum absolute atomic E-state index is 5.40. The molecule has 10 aromatic rings. The van der Waals surface area contributed by atoms with Crippen LogP contribution in [0.3, 0.4) is 0 Å². The Morgan fingerprint density at radius 1 is 0.417 bits per heavy atom. The minimum atomic E-state index is 0.661. The summed E-state index contributed by atoms with van der Waals surface area (Å²) in [7, 11) is 0. The Balaban J connectivity index is 1.22. The Labute approximate surface area is 276 Å². The van der Waals surface area contributed by atoms with E-state index >= 15 is 0 Å². The van der Waals surface area contributed by atoms with Crippen molar-refractivity contribution < 1.29 is 0 Å². The molecule has 224 valence electrons. The van der Waals surface area contributed by atoms with E-state index in [1.54, 1.807) is 0 Å². The van der Waals surface area contributed by atoms with E-state index in [1.165, 1.54) is 32.7 Å². The van der Waals surface area contributed by atoms with Crippen LogP contribution in [-0.4, -0.2) is 19.1 Å². The van der Waals surface area contributed by atoms with E-state index in [2.05, 4.69) is 179 Å². The predicted molar refractivity (Wildman–Crippen MR) is 199 cm³/mol. The number of para-hydroxylation sites is 3. The molecule has 0 amide bonds. The molecule has 4 heteroatoms. The van der Waals surface area contributed by atoms with Crippen LogP contribution in [0.2, 0.25) is 0 Å². The minimum Gasteiger partial charge on any atom is -0.316 e. The first-order chi connectivity index (χ1) is 23.8. The van der Waals surface area contributed by atoms with Crippen LogP contribution in [0.15, 0.2) is 170 Å². The molecule has 0 aliphatic heterocycles. The summed E-state index contributed by atoms with van der Waals surface area (Å²) in [5.41, 5.74) is 9.79. The third-order valence-corrected chi connectivity index (χ3v) is 9.55. The average Bonchev–Trinajstić information content (AvgIpc) is 3.74. The number of rotatable bonds is 4. The highest BCUT2D eigenvalue weighted by Crippen LogP contribution is 2.38. The molecule has 0 unspecified atom stereocenters. The molecular weight excluding hydrogens is 585 g/mol. The van der Waals surface area contributed by atoms with Gasteiger partial charge in [0.1, 0.15) is 0 Å². The van der Waals surface area contributed by atoms with Crippen LogP contribution in [-0.2, 0) is 0 Å². The molecule has 0 atom stereocenters. The van der Waals surface area contributed by atoms with Gasteiger partial charge in [0.15, 0.2) is 0 Å². The van der Waals surface area contributed by atoms with Crippen molar-refractivity contribution >= 4 is 54.4 Å². The first kappa shape index (κ1) is 26.7. The Kier molecular flexibility index (Phi) is 5.84. The molecule has 3 aromatic heterocycles. The summed E-state index contributed by atoms with van der Waals surface area (Å²) in [6.45, 7) is 0. The van der Waals surface area contributed by atoms with Gasteiger partial charge in [-0.3, -0.25) is 4.57 Å². The molecule has 0 aliphatic carbocycles. The van der Waals surface area contributed by atoms with Gasteiger partial charge in [-0.15, -0.1) is 0 Å². The van der Waals surface area contributed by atoms with Gasteiger partial charge in [-0.1, -0.05) is 115 Å². The molecule has 3 heterocycles. The molecule has 0 saturated carbocycles. The summed E-state index contributed by atoms with van der Waals surface area (Å²) < 4.78 is 4.51. The van der Waals surface area contributed by atoms with Crippen molar-refractivity contribution in [2.45, 2.75) is 0 Å². The number of aromatic nitrogens is 4. The highest BCUT2D eigenvalue weighted by atomic mass is 15.2. The lowest BCUT2D eigenvalue weighted by atomic mass is 9.98. The lowest BCUT2D eigenvalue weighted by Crippen LogP contribution is -2.03. The van der Waals surface area contributed by atoms with Crippen LogP contribution in [0.4, 0.5) is 0 Å². The molecule has 7 aromatic carbocycles. The first-order valence-corrected chi connectivity index (χ1v) is 16.3. The van der Waals surface area contributed by atoms with E-state index in [4.69, 9.17) is 9.97 Å². The monoisotopic (exact) mass is 612 g/mol. The zero-order valence-electron chi connectivity index (χ0n) is 26.0. The zero-order chi connectivity index (χ0) is 31.6. The summed E-state index contributed by atoms with van der Waals surface area (Å²) in [5.74, 6) is 0.661. The van der Waals surface area contributed by atoms with Gasteiger partial charge in [-0.2, -0.15) is 0 Å². The van der Waals surface area contributed by atoms with Crippen molar-refractivity contribution in [2.75, 3.05) is 0 Å². The molecule has 0 saturated heterocycles. The fraction of sp³-hybridized carbons (Fsp3) is 0. The SMILES string of the molecule is c1ccc(-c2ccc3cc(-c4nc(-n5c6ccccc6c6ccc7c(ccn7-c7ccccc7)c65)nc5ccccc45)ccc3c2)cc1. The Bertz CT molecular complexity index is 2830. The van der Waals surface area contributed by atoms with Crippen LogP contribution >= 0.6 is 0 Å². The van der Waals surface area contributed by atoms with Crippen molar-refractivity contribution in [3.63, 3.8) is 0 Å². The highest BCUT2D eigenvalue weighted by molar-refractivity contribution is 6.18. The Morgan fingerprint density at radius 2 is 1.10 bits per heavy atom. The Morgan fingerprint density at radius 3 is 1.94 bits per heavy atom. The van der Waals surface area contributed by atoms with Crippen LogP contribution in [0.25, 0.3) is 88.4 Å². The second-order valence-electron chi connectivity index (χ2n) is 12.3. The number of nitrogens with zero attached hydrogens (tertiary/aromatic N) is 4. The molecule has 0 fully saturated rings. The largest absolute Gasteiger partial charge is 0.316 e. The van der Waals surface area contributed by atoms with Gasteiger partial charge in [0.05, 0.1) is 27.8 Å². The van der Waals surface area contributed by atoms with E-state index in [9.17, 15) is 0 Å². The first-order valence-electron chi connectivity index (χ1n) is 16.3. The topological polar surface area (TPSA) is 35.6 Å². The summed E-state index contributed by atoms with van der Waals surface area (Å²) in [4.78, 5) is 10.6. The van der Waals surface area contributed by atoms with Crippen molar-refractivity contribution in [2.24, 2.45) is 0 Å². The number of benzene rings is 7. The van der Waals surface area contributed by atoms with Gasteiger partial charge in [0.2, 0.25) is 5.95 Å². The smallest absolute Gasteiger partial charge is 0.235 e. The van der Waals surface area contributed by atoms with Crippen molar-refractivity contribution in [3.8, 4) is 34.0 Å². The standard InChI is InChI=1S/C44H28N4/c1-3-11-29(12-4-1)30-19-20-32-28-33(22-21-31(32)27-30)42-37-16-7-9-17-39(37)45-44(46-42)48-41-18-10-8-15-35(41)36-23-24-40-38(43(36)48)25-26-47(40)34-13-5-2-6-14-34/h1-28H. The van der Waals surface area contributed by atoms with Crippen molar-refractivity contribution in [1.29, 1.82) is 0 Å². The normalized spacial score (nSPS) is 11.8. The second kappa shape index (κ2) is 10.5. The summed E-state index contributed by atoms with van der Waals surface area (Å²) in [5, 5.41) is 6.93. The van der Waals surface area contributed by atoms with Crippen molar-refractivity contribution in [1.82, 2.24) is 19.1 Å². The molecule has 0 aliphatic rings. The summed E-state index contributed by atoms with van der Waals surface area (Å²) in [6, 6.07) is 58.0. The van der Waals surface area contributed by atoms with E-state index in [-0.39, 0.29) is 0 Å². The summed E-state index contributed by atoms with van der Waals surface area (Å²) >= 11 is 0. The minimum absolute atomic E-state index is 0.661. The molecule has 0 bridgehead atoms. The van der Waals surface area contributed by atoms with E-state index in [0.29, 0.717) is 5.95 Å². The predicted octanol–water partition coefficient (Wildman–Crippen LogP) is 11.2. The molecule has 0 spiro atoms. The Hall–Kier alpha value is -6.52.